The standard InChI is InChI=1S/C16H27NO2/c1-6-9-17-14(4)15-7-8-16(12(2)10-15)19-13(3)11-18-5/h7-8,10,13-14,17H,6,9,11H2,1-5H3. The van der Waals surface area contributed by atoms with Gasteiger partial charge in [-0.2, -0.15) is 0 Å². The van der Waals surface area contributed by atoms with Crippen molar-refractivity contribution in [1.82, 2.24) is 5.32 Å². The van der Waals surface area contributed by atoms with E-state index in [0.29, 0.717) is 12.6 Å². The van der Waals surface area contributed by atoms with E-state index in [1.54, 1.807) is 7.11 Å². The molecule has 0 saturated carbocycles. The highest BCUT2D eigenvalue weighted by Gasteiger charge is 2.09. The van der Waals surface area contributed by atoms with Crippen molar-refractivity contribution in [3.63, 3.8) is 0 Å². The van der Waals surface area contributed by atoms with Crippen LogP contribution in [0, 0.1) is 6.92 Å². The number of hydrogen-bond acceptors (Lipinski definition) is 3. The average molecular weight is 265 g/mol. The normalized spacial score (nSPS) is 14.2. The van der Waals surface area contributed by atoms with Crippen LogP contribution in [0.1, 0.15) is 44.4 Å². The van der Waals surface area contributed by atoms with E-state index in [0.717, 1.165) is 18.7 Å². The van der Waals surface area contributed by atoms with Gasteiger partial charge in [0.25, 0.3) is 0 Å². The van der Waals surface area contributed by atoms with E-state index < -0.39 is 0 Å². The number of rotatable bonds is 8. The van der Waals surface area contributed by atoms with E-state index in [-0.39, 0.29) is 6.10 Å². The molecule has 19 heavy (non-hydrogen) atoms. The zero-order valence-corrected chi connectivity index (χ0v) is 12.8. The number of ether oxygens (including phenoxy) is 2. The largest absolute Gasteiger partial charge is 0.488 e. The summed E-state index contributed by atoms with van der Waals surface area (Å²) in [5.74, 6) is 0.941. The summed E-state index contributed by atoms with van der Waals surface area (Å²) in [4.78, 5) is 0. The number of hydrogen-bond donors (Lipinski definition) is 1. The van der Waals surface area contributed by atoms with Gasteiger partial charge in [0.1, 0.15) is 11.9 Å². The van der Waals surface area contributed by atoms with Crippen LogP contribution in [-0.2, 0) is 4.74 Å². The van der Waals surface area contributed by atoms with Gasteiger partial charge >= 0.3 is 0 Å². The first kappa shape index (κ1) is 16.0. The van der Waals surface area contributed by atoms with Gasteiger partial charge in [-0.15, -0.1) is 0 Å². The zero-order valence-electron chi connectivity index (χ0n) is 12.8. The van der Waals surface area contributed by atoms with Crippen molar-refractivity contribution in [3.8, 4) is 5.75 Å². The molecule has 0 radical (unpaired) electrons. The molecule has 0 aliphatic heterocycles. The molecule has 1 aromatic rings. The van der Waals surface area contributed by atoms with Gasteiger partial charge in [-0.3, -0.25) is 0 Å². The van der Waals surface area contributed by atoms with Crippen molar-refractivity contribution in [2.75, 3.05) is 20.3 Å². The highest BCUT2D eigenvalue weighted by atomic mass is 16.5. The molecule has 1 N–H and O–H groups in total. The lowest BCUT2D eigenvalue weighted by Gasteiger charge is -2.18. The summed E-state index contributed by atoms with van der Waals surface area (Å²) in [6.07, 6.45) is 1.23. The van der Waals surface area contributed by atoms with Crippen LogP contribution in [0.3, 0.4) is 0 Å². The Balaban J connectivity index is 2.68. The molecule has 0 aliphatic rings. The fourth-order valence-electron chi connectivity index (χ4n) is 2.04. The lowest BCUT2D eigenvalue weighted by Crippen LogP contribution is -2.20. The van der Waals surface area contributed by atoms with Crippen molar-refractivity contribution in [1.29, 1.82) is 0 Å². The number of benzene rings is 1. The molecule has 3 nitrogen and oxygen atoms in total. The van der Waals surface area contributed by atoms with Crippen LogP contribution in [0.4, 0.5) is 0 Å². The zero-order chi connectivity index (χ0) is 14.3. The third-order valence-electron chi connectivity index (χ3n) is 3.13. The molecule has 0 bridgehead atoms. The van der Waals surface area contributed by atoms with E-state index in [1.807, 2.05) is 6.92 Å². The van der Waals surface area contributed by atoms with E-state index in [4.69, 9.17) is 9.47 Å². The maximum absolute atomic E-state index is 5.86. The molecular formula is C16H27NO2. The number of nitrogens with one attached hydrogen (secondary N) is 1. The predicted octanol–water partition coefficient (Wildman–Crippen LogP) is 3.47. The molecule has 0 saturated heterocycles. The Morgan fingerprint density at radius 2 is 2.00 bits per heavy atom. The Bertz CT molecular complexity index is 379. The smallest absolute Gasteiger partial charge is 0.122 e. The minimum absolute atomic E-state index is 0.0742. The molecular weight excluding hydrogens is 238 g/mol. The van der Waals surface area contributed by atoms with E-state index in [1.165, 1.54) is 11.1 Å². The van der Waals surface area contributed by atoms with Crippen LogP contribution in [0.25, 0.3) is 0 Å². The molecule has 1 aromatic carbocycles. The number of methoxy groups -OCH3 is 1. The molecule has 0 fully saturated rings. The van der Waals surface area contributed by atoms with Crippen molar-refractivity contribution in [2.24, 2.45) is 0 Å². The Hall–Kier alpha value is -1.06. The molecule has 0 amide bonds. The second-order valence-corrected chi connectivity index (χ2v) is 5.08. The lowest BCUT2D eigenvalue weighted by molar-refractivity contribution is 0.0916. The maximum Gasteiger partial charge on any atom is 0.122 e. The number of aryl methyl sites for hydroxylation is 1. The van der Waals surface area contributed by atoms with Gasteiger partial charge < -0.3 is 14.8 Å². The molecule has 2 unspecified atom stereocenters. The van der Waals surface area contributed by atoms with Crippen LogP contribution < -0.4 is 10.1 Å². The molecule has 0 heterocycles. The van der Waals surface area contributed by atoms with Crippen molar-refractivity contribution < 1.29 is 9.47 Å². The minimum Gasteiger partial charge on any atom is -0.488 e. The van der Waals surface area contributed by atoms with E-state index in [2.05, 4.69) is 44.3 Å². The van der Waals surface area contributed by atoms with Gasteiger partial charge in [0.05, 0.1) is 6.61 Å². The van der Waals surface area contributed by atoms with Crippen LogP contribution in [-0.4, -0.2) is 26.4 Å². The van der Waals surface area contributed by atoms with Crippen LogP contribution in [0.2, 0.25) is 0 Å². The fraction of sp³-hybridized carbons (Fsp3) is 0.625. The third-order valence-corrected chi connectivity index (χ3v) is 3.13. The van der Waals surface area contributed by atoms with Crippen LogP contribution >= 0.6 is 0 Å². The molecule has 0 spiro atoms. The predicted molar refractivity (Wildman–Crippen MR) is 79.9 cm³/mol. The van der Waals surface area contributed by atoms with Crippen molar-refractivity contribution in [2.45, 2.75) is 46.3 Å². The topological polar surface area (TPSA) is 30.5 Å². The minimum atomic E-state index is 0.0742. The monoisotopic (exact) mass is 265 g/mol. The van der Waals surface area contributed by atoms with Crippen LogP contribution in [0.15, 0.2) is 18.2 Å². The van der Waals surface area contributed by atoms with Gasteiger partial charge in [0, 0.05) is 13.2 Å². The molecule has 2 atom stereocenters. The Kier molecular flexibility index (Phi) is 6.89. The summed E-state index contributed by atoms with van der Waals surface area (Å²) < 4.78 is 10.9. The maximum atomic E-state index is 5.86. The van der Waals surface area contributed by atoms with E-state index >= 15 is 0 Å². The van der Waals surface area contributed by atoms with Gasteiger partial charge in [-0.25, -0.2) is 0 Å². The first-order valence-corrected chi connectivity index (χ1v) is 7.08. The lowest BCUT2D eigenvalue weighted by atomic mass is 10.0. The average Bonchev–Trinajstić information content (AvgIpc) is 2.38. The third kappa shape index (κ3) is 5.21. The van der Waals surface area contributed by atoms with Gasteiger partial charge in [-0.1, -0.05) is 19.1 Å². The van der Waals surface area contributed by atoms with Crippen LogP contribution in [0.5, 0.6) is 5.75 Å². The van der Waals surface area contributed by atoms with Gasteiger partial charge in [-0.05, 0) is 50.9 Å². The SMILES string of the molecule is CCCNC(C)c1ccc(OC(C)COC)c(C)c1. The quantitative estimate of drug-likeness (QED) is 0.780. The van der Waals surface area contributed by atoms with Crippen molar-refractivity contribution in [3.05, 3.63) is 29.3 Å². The summed E-state index contributed by atoms with van der Waals surface area (Å²) in [5, 5.41) is 3.50. The van der Waals surface area contributed by atoms with Crippen molar-refractivity contribution >= 4 is 0 Å². The summed E-state index contributed by atoms with van der Waals surface area (Å²) in [6, 6.07) is 6.77. The second kappa shape index (κ2) is 8.18. The fourth-order valence-corrected chi connectivity index (χ4v) is 2.04. The van der Waals surface area contributed by atoms with E-state index in [9.17, 15) is 0 Å². The first-order chi connectivity index (χ1) is 9.08. The summed E-state index contributed by atoms with van der Waals surface area (Å²) in [7, 11) is 1.69. The molecule has 0 aromatic heterocycles. The molecule has 1 rings (SSSR count). The first-order valence-electron chi connectivity index (χ1n) is 7.08. The molecule has 3 heteroatoms. The summed E-state index contributed by atoms with van der Waals surface area (Å²) in [6.45, 7) is 10.1. The highest BCUT2D eigenvalue weighted by molar-refractivity contribution is 5.37. The Morgan fingerprint density at radius 3 is 2.58 bits per heavy atom. The molecule has 0 aliphatic carbocycles. The summed E-state index contributed by atoms with van der Waals surface area (Å²) in [5.41, 5.74) is 2.48. The summed E-state index contributed by atoms with van der Waals surface area (Å²) >= 11 is 0. The van der Waals surface area contributed by atoms with Gasteiger partial charge in [0.15, 0.2) is 0 Å². The Labute approximate surface area is 117 Å². The Morgan fingerprint density at radius 1 is 1.26 bits per heavy atom. The van der Waals surface area contributed by atoms with Gasteiger partial charge in [0.2, 0.25) is 0 Å². The molecule has 108 valence electrons. The second-order valence-electron chi connectivity index (χ2n) is 5.08. The highest BCUT2D eigenvalue weighted by Crippen LogP contribution is 2.23.